The number of hydrogen-bond donors (Lipinski definition) is 1. The first-order valence-electron chi connectivity index (χ1n) is 6.11. The molecule has 1 fully saturated rings. The zero-order valence-corrected chi connectivity index (χ0v) is 11.2. The maximum atomic E-state index is 5.82. The fraction of sp³-hybridized carbons (Fsp3) is 0.385. The van der Waals surface area contributed by atoms with Crippen LogP contribution in [-0.4, -0.2) is 16.0 Å². The van der Waals surface area contributed by atoms with Crippen LogP contribution in [0.4, 0.5) is 11.6 Å². The first-order chi connectivity index (χ1) is 8.72. The summed E-state index contributed by atoms with van der Waals surface area (Å²) in [5.74, 6) is 2.24. The fourth-order valence-electron chi connectivity index (χ4n) is 2.08. The fourth-order valence-corrected chi connectivity index (χ4v) is 2.74. The second-order valence-electron chi connectivity index (χ2n) is 4.69. The summed E-state index contributed by atoms with van der Waals surface area (Å²) >= 11 is 1.73. The topological polar surface area (TPSA) is 55.0 Å². The summed E-state index contributed by atoms with van der Waals surface area (Å²) in [4.78, 5) is 11.0. The summed E-state index contributed by atoms with van der Waals surface area (Å²) in [5.41, 5.74) is 7.15. The van der Waals surface area contributed by atoms with Gasteiger partial charge in [0.05, 0.1) is 0 Å². The molecule has 0 bridgehead atoms. The normalized spacial score (nSPS) is 14.7. The molecule has 1 aliphatic rings. The van der Waals surface area contributed by atoms with Gasteiger partial charge in [0.25, 0.3) is 0 Å². The molecule has 4 nitrogen and oxygen atoms in total. The highest BCUT2D eigenvalue weighted by Crippen LogP contribution is 2.32. The van der Waals surface area contributed by atoms with Gasteiger partial charge in [-0.1, -0.05) is 0 Å². The number of aryl methyl sites for hydroxylation is 1. The average Bonchev–Trinajstić information content (AvgIpc) is 3.02. The third kappa shape index (κ3) is 2.46. The van der Waals surface area contributed by atoms with Crippen LogP contribution in [0, 0.1) is 6.92 Å². The van der Waals surface area contributed by atoms with Crippen molar-refractivity contribution in [3.8, 4) is 0 Å². The standard InChI is InChI=1S/C13H16N4S/c1-9-15-12(14)6-13(16-9)17(11-2-3-11)7-10-4-5-18-8-10/h4-6,8,11H,2-3,7H2,1H3,(H2,14,15,16). The number of aromatic nitrogens is 2. The van der Waals surface area contributed by atoms with Crippen molar-refractivity contribution < 1.29 is 0 Å². The minimum atomic E-state index is 0.550. The molecule has 0 atom stereocenters. The van der Waals surface area contributed by atoms with Crippen molar-refractivity contribution in [3.05, 3.63) is 34.3 Å². The van der Waals surface area contributed by atoms with Gasteiger partial charge in [0, 0.05) is 18.7 Å². The van der Waals surface area contributed by atoms with Crippen LogP contribution in [0.3, 0.4) is 0 Å². The van der Waals surface area contributed by atoms with E-state index in [0.29, 0.717) is 11.9 Å². The summed E-state index contributed by atoms with van der Waals surface area (Å²) in [6.07, 6.45) is 2.49. The molecular weight excluding hydrogens is 244 g/mol. The molecule has 0 aliphatic heterocycles. The molecule has 5 heteroatoms. The number of nitrogens with zero attached hydrogens (tertiary/aromatic N) is 3. The van der Waals surface area contributed by atoms with Crippen LogP contribution in [0.1, 0.15) is 24.2 Å². The predicted octanol–water partition coefficient (Wildman–Crippen LogP) is 2.60. The number of thiophene rings is 1. The average molecular weight is 260 g/mol. The molecule has 18 heavy (non-hydrogen) atoms. The zero-order valence-electron chi connectivity index (χ0n) is 10.3. The summed E-state index contributed by atoms with van der Waals surface area (Å²) in [5, 5.41) is 4.30. The largest absolute Gasteiger partial charge is 0.384 e. The van der Waals surface area contributed by atoms with Gasteiger partial charge in [0.2, 0.25) is 0 Å². The van der Waals surface area contributed by atoms with Crippen LogP contribution >= 0.6 is 11.3 Å². The Morgan fingerprint density at radius 1 is 1.44 bits per heavy atom. The molecule has 1 aliphatic carbocycles. The van der Waals surface area contributed by atoms with Gasteiger partial charge >= 0.3 is 0 Å². The molecule has 2 N–H and O–H groups in total. The number of hydrogen-bond acceptors (Lipinski definition) is 5. The Morgan fingerprint density at radius 2 is 2.28 bits per heavy atom. The lowest BCUT2D eigenvalue weighted by molar-refractivity contribution is 0.773. The predicted molar refractivity (Wildman–Crippen MR) is 74.7 cm³/mol. The van der Waals surface area contributed by atoms with Crippen LogP contribution in [0.25, 0.3) is 0 Å². The van der Waals surface area contributed by atoms with E-state index in [1.165, 1.54) is 18.4 Å². The SMILES string of the molecule is Cc1nc(N)cc(N(Cc2ccsc2)C2CC2)n1. The minimum Gasteiger partial charge on any atom is -0.384 e. The van der Waals surface area contributed by atoms with Gasteiger partial charge < -0.3 is 10.6 Å². The molecule has 0 radical (unpaired) electrons. The monoisotopic (exact) mass is 260 g/mol. The molecule has 0 spiro atoms. The Bertz CT molecular complexity index is 514. The van der Waals surface area contributed by atoms with Crippen LogP contribution < -0.4 is 10.6 Å². The first kappa shape index (κ1) is 11.5. The molecule has 94 valence electrons. The van der Waals surface area contributed by atoms with E-state index in [1.807, 2.05) is 13.0 Å². The van der Waals surface area contributed by atoms with E-state index in [2.05, 4.69) is 31.7 Å². The Kier molecular flexibility index (Phi) is 2.91. The van der Waals surface area contributed by atoms with Gasteiger partial charge in [0.1, 0.15) is 17.5 Å². The van der Waals surface area contributed by atoms with E-state index in [9.17, 15) is 0 Å². The Hall–Kier alpha value is -1.62. The molecule has 3 rings (SSSR count). The molecule has 1 saturated carbocycles. The lowest BCUT2D eigenvalue weighted by Gasteiger charge is -2.23. The highest BCUT2D eigenvalue weighted by atomic mass is 32.1. The van der Waals surface area contributed by atoms with Crippen molar-refractivity contribution in [1.82, 2.24) is 9.97 Å². The third-order valence-corrected chi connectivity index (χ3v) is 3.79. The number of anilines is 2. The van der Waals surface area contributed by atoms with Gasteiger partial charge in [-0.05, 0) is 42.2 Å². The smallest absolute Gasteiger partial charge is 0.134 e. The van der Waals surface area contributed by atoms with Crippen molar-refractivity contribution in [3.63, 3.8) is 0 Å². The number of rotatable bonds is 4. The molecule has 0 unspecified atom stereocenters. The van der Waals surface area contributed by atoms with Crippen LogP contribution in [-0.2, 0) is 6.54 Å². The van der Waals surface area contributed by atoms with Gasteiger partial charge in [-0.3, -0.25) is 0 Å². The molecule has 2 heterocycles. The van der Waals surface area contributed by atoms with Crippen molar-refractivity contribution >= 4 is 23.0 Å². The lowest BCUT2D eigenvalue weighted by atomic mass is 10.3. The van der Waals surface area contributed by atoms with E-state index >= 15 is 0 Å². The zero-order chi connectivity index (χ0) is 12.5. The molecule has 2 aromatic heterocycles. The number of nitrogen functional groups attached to an aromatic ring is 1. The molecule has 0 amide bonds. The van der Waals surface area contributed by atoms with Crippen molar-refractivity contribution in [2.75, 3.05) is 10.6 Å². The Morgan fingerprint density at radius 3 is 2.89 bits per heavy atom. The lowest BCUT2D eigenvalue weighted by Crippen LogP contribution is -2.26. The maximum Gasteiger partial charge on any atom is 0.134 e. The highest BCUT2D eigenvalue weighted by molar-refractivity contribution is 7.07. The second-order valence-corrected chi connectivity index (χ2v) is 5.47. The molecule has 0 aromatic carbocycles. The summed E-state index contributed by atoms with van der Waals surface area (Å²) in [6.45, 7) is 2.79. The van der Waals surface area contributed by atoms with Gasteiger partial charge in [-0.2, -0.15) is 11.3 Å². The minimum absolute atomic E-state index is 0.550. The van der Waals surface area contributed by atoms with Gasteiger partial charge in [-0.15, -0.1) is 0 Å². The van der Waals surface area contributed by atoms with Gasteiger partial charge in [-0.25, -0.2) is 9.97 Å². The van der Waals surface area contributed by atoms with Crippen molar-refractivity contribution in [2.45, 2.75) is 32.4 Å². The highest BCUT2D eigenvalue weighted by Gasteiger charge is 2.30. The van der Waals surface area contributed by atoms with E-state index in [4.69, 9.17) is 5.73 Å². The molecule has 2 aromatic rings. The second kappa shape index (κ2) is 4.57. The van der Waals surface area contributed by atoms with Crippen LogP contribution in [0.15, 0.2) is 22.9 Å². The van der Waals surface area contributed by atoms with Gasteiger partial charge in [0.15, 0.2) is 0 Å². The van der Waals surface area contributed by atoms with Crippen molar-refractivity contribution in [1.29, 1.82) is 0 Å². The van der Waals surface area contributed by atoms with Crippen LogP contribution in [0.2, 0.25) is 0 Å². The summed E-state index contributed by atoms with van der Waals surface area (Å²) in [6, 6.07) is 4.65. The quantitative estimate of drug-likeness (QED) is 0.918. The van der Waals surface area contributed by atoms with E-state index in [0.717, 1.165) is 18.2 Å². The Balaban J connectivity index is 1.89. The molecular formula is C13H16N4S. The first-order valence-corrected chi connectivity index (χ1v) is 7.05. The Labute approximate surface area is 110 Å². The summed E-state index contributed by atoms with van der Waals surface area (Å²) < 4.78 is 0. The van der Waals surface area contributed by atoms with E-state index in [1.54, 1.807) is 11.3 Å². The third-order valence-electron chi connectivity index (χ3n) is 3.06. The maximum absolute atomic E-state index is 5.82. The van der Waals surface area contributed by atoms with E-state index < -0.39 is 0 Å². The van der Waals surface area contributed by atoms with Crippen molar-refractivity contribution in [2.24, 2.45) is 0 Å². The molecule has 0 saturated heterocycles. The van der Waals surface area contributed by atoms with Crippen LogP contribution in [0.5, 0.6) is 0 Å². The van der Waals surface area contributed by atoms with E-state index in [-0.39, 0.29) is 0 Å². The number of nitrogens with two attached hydrogens (primary N) is 1. The summed E-state index contributed by atoms with van der Waals surface area (Å²) in [7, 11) is 0.